The first kappa shape index (κ1) is 14.1. The second-order valence-electron chi connectivity index (χ2n) is 5.93. The molecular formula is C16H22N4O. The fourth-order valence-corrected chi connectivity index (χ4v) is 3.05. The maximum atomic E-state index is 12.4. The van der Waals surface area contributed by atoms with Crippen molar-refractivity contribution in [2.75, 3.05) is 32.1 Å². The third-order valence-electron chi connectivity index (χ3n) is 4.19. The van der Waals surface area contributed by atoms with Gasteiger partial charge in [0, 0.05) is 26.0 Å². The summed E-state index contributed by atoms with van der Waals surface area (Å²) in [6.07, 6.45) is 2.24. The first-order valence-corrected chi connectivity index (χ1v) is 7.54. The lowest BCUT2D eigenvalue weighted by molar-refractivity contribution is 0.332. The van der Waals surface area contributed by atoms with Crippen LogP contribution < -0.4 is 15.9 Å². The molecule has 21 heavy (non-hydrogen) atoms. The van der Waals surface area contributed by atoms with E-state index in [1.54, 1.807) is 0 Å². The highest BCUT2D eigenvalue weighted by Crippen LogP contribution is 2.23. The van der Waals surface area contributed by atoms with Crippen molar-refractivity contribution in [2.45, 2.75) is 19.4 Å². The third kappa shape index (κ3) is 2.78. The number of hydrogen-bond acceptors (Lipinski definition) is 4. The van der Waals surface area contributed by atoms with Gasteiger partial charge >= 0.3 is 5.69 Å². The number of nitrogens with one attached hydrogen (secondary N) is 1. The van der Waals surface area contributed by atoms with E-state index < -0.39 is 0 Å². The molecule has 0 radical (unpaired) electrons. The van der Waals surface area contributed by atoms with E-state index in [0.29, 0.717) is 5.92 Å². The molecule has 0 amide bonds. The van der Waals surface area contributed by atoms with Crippen LogP contribution in [0.15, 0.2) is 29.1 Å². The van der Waals surface area contributed by atoms with Crippen LogP contribution in [0.25, 0.3) is 10.9 Å². The van der Waals surface area contributed by atoms with E-state index in [2.05, 4.69) is 10.3 Å². The normalized spacial score (nSPS) is 16.3. The highest BCUT2D eigenvalue weighted by atomic mass is 16.1. The van der Waals surface area contributed by atoms with E-state index >= 15 is 0 Å². The second-order valence-corrected chi connectivity index (χ2v) is 5.93. The lowest BCUT2D eigenvalue weighted by Crippen LogP contribution is -2.34. The van der Waals surface area contributed by atoms with E-state index in [0.717, 1.165) is 49.2 Å². The van der Waals surface area contributed by atoms with E-state index in [9.17, 15) is 4.79 Å². The zero-order chi connectivity index (χ0) is 14.8. The average molecular weight is 286 g/mol. The summed E-state index contributed by atoms with van der Waals surface area (Å²) in [6, 6.07) is 8.04. The van der Waals surface area contributed by atoms with Gasteiger partial charge in [-0.15, -0.1) is 0 Å². The highest BCUT2D eigenvalue weighted by molar-refractivity contribution is 5.89. The molecule has 5 nitrogen and oxygen atoms in total. The summed E-state index contributed by atoms with van der Waals surface area (Å²) in [5.74, 6) is 1.30. The standard InChI is InChI=1S/C16H22N4O/c1-19(2)15-13-5-3-4-6-14(13)20(16(21)18-15)11-12-7-9-17-10-8-12/h3-6,12,17H,7-11H2,1-2H3. The maximum Gasteiger partial charge on any atom is 0.350 e. The minimum Gasteiger partial charge on any atom is -0.362 e. The Morgan fingerprint density at radius 3 is 2.71 bits per heavy atom. The topological polar surface area (TPSA) is 50.2 Å². The molecule has 0 atom stereocenters. The van der Waals surface area contributed by atoms with Gasteiger partial charge in [-0.3, -0.25) is 4.57 Å². The van der Waals surface area contributed by atoms with Crippen molar-refractivity contribution in [1.29, 1.82) is 0 Å². The van der Waals surface area contributed by atoms with Crippen molar-refractivity contribution >= 4 is 16.7 Å². The quantitative estimate of drug-likeness (QED) is 0.928. The summed E-state index contributed by atoms with van der Waals surface area (Å²) in [6.45, 7) is 2.85. The van der Waals surface area contributed by atoms with E-state index in [1.165, 1.54) is 0 Å². The van der Waals surface area contributed by atoms with Crippen LogP contribution >= 0.6 is 0 Å². The van der Waals surface area contributed by atoms with Crippen molar-refractivity contribution < 1.29 is 0 Å². The van der Waals surface area contributed by atoms with Gasteiger partial charge < -0.3 is 10.2 Å². The molecule has 2 heterocycles. The Morgan fingerprint density at radius 1 is 1.29 bits per heavy atom. The lowest BCUT2D eigenvalue weighted by atomic mass is 9.98. The van der Waals surface area contributed by atoms with Crippen molar-refractivity contribution in [3.05, 3.63) is 34.7 Å². The number of benzene rings is 1. The number of fused-ring (bicyclic) bond motifs is 1. The largest absolute Gasteiger partial charge is 0.362 e. The molecule has 1 N–H and O–H groups in total. The molecule has 1 fully saturated rings. The minimum atomic E-state index is -0.143. The van der Waals surface area contributed by atoms with Crippen LogP contribution in [-0.4, -0.2) is 36.7 Å². The van der Waals surface area contributed by atoms with E-state index in [4.69, 9.17) is 0 Å². The number of hydrogen-bond donors (Lipinski definition) is 1. The zero-order valence-electron chi connectivity index (χ0n) is 12.7. The molecule has 1 aromatic heterocycles. The van der Waals surface area contributed by atoms with Gasteiger partial charge in [0.05, 0.1) is 5.52 Å². The summed E-state index contributed by atoms with van der Waals surface area (Å²) < 4.78 is 1.85. The van der Waals surface area contributed by atoms with Crippen LogP contribution in [0.5, 0.6) is 0 Å². The molecule has 2 aromatic rings. The van der Waals surface area contributed by atoms with Gasteiger partial charge in [-0.25, -0.2) is 4.79 Å². The molecule has 0 spiro atoms. The van der Waals surface area contributed by atoms with Crippen LogP contribution in [0, 0.1) is 5.92 Å². The molecular weight excluding hydrogens is 264 g/mol. The number of nitrogens with zero attached hydrogens (tertiary/aromatic N) is 3. The fourth-order valence-electron chi connectivity index (χ4n) is 3.05. The minimum absolute atomic E-state index is 0.143. The summed E-state index contributed by atoms with van der Waals surface area (Å²) in [4.78, 5) is 18.6. The first-order valence-electron chi connectivity index (χ1n) is 7.54. The molecule has 3 rings (SSSR count). The monoisotopic (exact) mass is 286 g/mol. The molecule has 0 unspecified atom stereocenters. The number of para-hydroxylation sites is 1. The summed E-state index contributed by atoms with van der Waals surface area (Å²) in [7, 11) is 3.84. The third-order valence-corrected chi connectivity index (χ3v) is 4.19. The van der Waals surface area contributed by atoms with Gasteiger partial charge in [-0.1, -0.05) is 12.1 Å². The van der Waals surface area contributed by atoms with Crippen molar-refractivity contribution in [3.63, 3.8) is 0 Å². The summed E-state index contributed by atoms with van der Waals surface area (Å²) >= 11 is 0. The van der Waals surface area contributed by atoms with Crippen LogP contribution in [-0.2, 0) is 6.54 Å². The number of anilines is 1. The SMILES string of the molecule is CN(C)c1nc(=O)n(CC2CCNCC2)c2ccccc12. The lowest BCUT2D eigenvalue weighted by Gasteiger charge is -2.24. The van der Waals surface area contributed by atoms with Crippen LogP contribution in [0.3, 0.4) is 0 Å². The fraction of sp³-hybridized carbons (Fsp3) is 0.500. The highest BCUT2D eigenvalue weighted by Gasteiger charge is 2.17. The van der Waals surface area contributed by atoms with Crippen LogP contribution in [0.2, 0.25) is 0 Å². The van der Waals surface area contributed by atoms with Gasteiger partial charge in [0.25, 0.3) is 0 Å². The molecule has 0 bridgehead atoms. The average Bonchev–Trinajstić information content (AvgIpc) is 2.50. The van der Waals surface area contributed by atoms with Crippen LogP contribution in [0.4, 0.5) is 5.82 Å². The maximum absolute atomic E-state index is 12.4. The Labute approximate surface area is 124 Å². The summed E-state index contributed by atoms with van der Waals surface area (Å²) in [5.41, 5.74) is 0.843. The molecule has 1 saturated heterocycles. The van der Waals surface area contributed by atoms with E-state index in [-0.39, 0.29) is 5.69 Å². The first-order chi connectivity index (χ1) is 10.2. The van der Waals surface area contributed by atoms with Crippen LogP contribution in [0.1, 0.15) is 12.8 Å². The smallest absolute Gasteiger partial charge is 0.350 e. The number of piperidine rings is 1. The molecule has 0 aliphatic carbocycles. The predicted molar refractivity (Wildman–Crippen MR) is 85.9 cm³/mol. The van der Waals surface area contributed by atoms with Gasteiger partial charge in [0.2, 0.25) is 0 Å². The number of aromatic nitrogens is 2. The molecule has 1 aliphatic heterocycles. The Balaban J connectivity index is 2.07. The van der Waals surface area contributed by atoms with Gasteiger partial charge in [-0.2, -0.15) is 4.98 Å². The molecule has 1 aliphatic rings. The van der Waals surface area contributed by atoms with Crippen molar-refractivity contribution in [1.82, 2.24) is 14.9 Å². The van der Waals surface area contributed by atoms with E-state index in [1.807, 2.05) is 47.8 Å². The van der Waals surface area contributed by atoms with Crippen molar-refractivity contribution in [3.8, 4) is 0 Å². The zero-order valence-corrected chi connectivity index (χ0v) is 12.7. The Hall–Kier alpha value is -1.88. The predicted octanol–water partition coefficient (Wildman–Crippen LogP) is 1.46. The molecule has 112 valence electrons. The van der Waals surface area contributed by atoms with Crippen molar-refractivity contribution in [2.24, 2.45) is 5.92 Å². The number of rotatable bonds is 3. The van der Waals surface area contributed by atoms with Gasteiger partial charge in [0.15, 0.2) is 0 Å². The van der Waals surface area contributed by atoms with Gasteiger partial charge in [0.1, 0.15) is 5.82 Å². The Bertz CT molecular complexity index is 686. The molecule has 5 heteroatoms. The molecule has 1 aromatic carbocycles. The Kier molecular flexibility index (Phi) is 3.92. The summed E-state index contributed by atoms with van der Waals surface area (Å²) in [5, 5.41) is 4.40. The Morgan fingerprint density at radius 2 is 2.00 bits per heavy atom. The van der Waals surface area contributed by atoms with Gasteiger partial charge in [-0.05, 0) is 44.0 Å². The molecule has 0 saturated carbocycles. The second kappa shape index (κ2) is 5.85.